The van der Waals surface area contributed by atoms with E-state index in [1.165, 1.54) is 0 Å². The van der Waals surface area contributed by atoms with Gasteiger partial charge in [-0.1, -0.05) is 18.6 Å². The Labute approximate surface area is 133 Å². The zero-order valence-corrected chi connectivity index (χ0v) is 13.1. The minimum atomic E-state index is -4.91. The van der Waals surface area contributed by atoms with Gasteiger partial charge in [0.05, 0.1) is 0 Å². The zero-order valence-electron chi connectivity index (χ0n) is 12.2. The lowest BCUT2D eigenvalue weighted by Crippen LogP contribution is -2.41. The number of hydrogen-bond donors (Lipinski definition) is 0. The van der Waals surface area contributed by atoms with Gasteiger partial charge in [0.2, 0.25) is 0 Å². The Morgan fingerprint density at radius 1 is 1.13 bits per heavy atom. The van der Waals surface area contributed by atoms with Gasteiger partial charge in [-0.2, -0.15) is 13.2 Å². The van der Waals surface area contributed by atoms with Crippen LogP contribution in [-0.2, 0) is 17.0 Å². The SMILES string of the molecule is O=C(c1cccc(F)c1C(F)(F)F)C1CC2CCCC(C1)S2=O. The Bertz CT molecular complexity index is 640. The van der Waals surface area contributed by atoms with Crippen molar-refractivity contribution in [3.8, 4) is 0 Å². The van der Waals surface area contributed by atoms with Crippen molar-refractivity contribution in [1.29, 1.82) is 0 Å². The Morgan fingerprint density at radius 3 is 2.30 bits per heavy atom. The molecule has 23 heavy (non-hydrogen) atoms. The van der Waals surface area contributed by atoms with E-state index >= 15 is 0 Å². The summed E-state index contributed by atoms with van der Waals surface area (Å²) in [5, 5.41) is -0.251. The molecule has 2 saturated heterocycles. The molecule has 0 N–H and O–H groups in total. The Kier molecular flexibility index (Phi) is 4.33. The summed E-state index contributed by atoms with van der Waals surface area (Å²) in [5.41, 5.74) is -2.09. The summed E-state index contributed by atoms with van der Waals surface area (Å²) in [6.07, 6.45) is -1.84. The maximum Gasteiger partial charge on any atom is 0.419 e. The highest BCUT2D eigenvalue weighted by Crippen LogP contribution is 2.40. The molecule has 0 aliphatic carbocycles. The second-order valence-corrected chi connectivity index (χ2v) is 8.19. The number of ketones is 1. The van der Waals surface area contributed by atoms with E-state index in [-0.39, 0.29) is 10.5 Å². The van der Waals surface area contributed by atoms with Gasteiger partial charge in [0.25, 0.3) is 0 Å². The number of alkyl halides is 3. The number of Topliss-reactive ketones (excluding diaryl/α,β-unsaturated/α-hetero) is 1. The van der Waals surface area contributed by atoms with Gasteiger partial charge >= 0.3 is 6.18 Å². The largest absolute Gasteiger partial charge is 0.419 e. The molecule has 2 nitrogen and oxygen atoms in total. The van der Waals surface area contributed by atoms with Gasteiger partial charge in [0.1, 0.15) is 11.4 Å². The topological polar surface area (TPSA) is 34.1 Å². The molecule has 2 unspecified atom stereocenters. The van der Waals surface area contributed by atoms with E-state index in [0.29, 0.717) is 18.9 Å². The van der Waals surface area contributed by atoms with Gasteiger partial charge in [-0.15, -0.1) is 0 Å². The van der Waals surface area contributed by atoms with Crippen LogP contribution in [0.3, 0.4) is 0 Å². The Balaban J connectivity index is 1.93. The molecule has 2 heterocycles. The fourth-order valence-corrected chi connectivity index (χ4v) is 5.87. The Morgan fingerprint density at radius 2 is 1.74 bits per heavy atom. The number of carbonyl (C=O) groups excluding carboxylic acids is 1. The fraction of sp³-hybridized carbons (Fsp3) is 0.562. The molecule has 126 valence electrons. The molecule has 0 aromatic heterocycles. The summed E-state index contributed by atoms with van der Waals surface area (Å²) in [6, 6.07) is 2.87. The van der Waals surface area contributed by atoms with Crippen molar-refractivity contribution in [3.63, 3.8) is 0 Å². The van der Waals surface area contributed by atoms with Crippen LogP contribution < -0.4 is 0 Å². The van der Waals surface area contributed by atoms with Crippen molar-refractivity contribution in [2.45, 2.75) is 48.8 Å². The molecule has 2 bridgehead atoms. The third-order valence-corrected chi connectivity index (χ3v) is 6.91. The van der Waals surface area contributed by atoms with Gasteiger partial charge in [-0.05, 0) is 31.7 Å². The van der Waals surface area contributed by atoms with Crippen molar-refractivity contribution in [2.75, 3.05) is 0 Å². The minimum absolute atomic E-state index is 0.126. The molecule has 2 aliphatic heterocycles. The van der Waals surface area contributed by atoms with E-state index in [9.17, 15) is 26.6 Å². The maximum absolute atomic E-state index is 13.6. The molecule has 2 atom stereocenters. The molecule has 3 rings (SSSR count). The lowest BCUT2D eigenvalue weighted by Gasteiger charge is -2.37. The van der Waals surface area contributed by atoms with E-state index in [2.05, 4.69) is 0 Å². The Hall–Kier alpha value is -1.24. The summed E-state index contributed by atoms with van der Waals surface area (Å²) in [6.45, 7) is 0. The summed E-state index contributed by atoms with van der Waals surface area (Å²) in [5.74, 6) is -2.71. The van der Waals surface area contributed by atoms with Crippen LogP contribution in [0, 0.1) is 11.7 Å². The minimum Gasteiger partial charge on any atom is -0.294 e. The number of halogens is 4. The van der Waals surface area contributed by atoms with Gasteiger partial charge in [-0.3, -0.25) is 9.00 Å². The molecular formula is C16H16F4O2S. The van der Waals surface area contributed by atoms with Gasteiger partial charge in [0.15, 0.2) is 5.78 Å². The lowest BCUT2D eigenvalue weighted by atomic mass is 9.83. The number of carbonyl (C=O) groups is 1. The first-order valence-corrected chi connectivity index (χ1v) is 8.86. The third-order valence-electron chi connectivity index (χ3n) is 4.74. The van der Waals surface area contributed by atoms with E-state index in [1.54, 1.807) is 0 Å². The molecule has 0 amide bonds. The van der Waals surface area contributed by atoms with Crippen LogP contribution >= 0.6 is 0 Å². The molecule has 0 saturated carbocycles. The van der Waals surface area contributed by atoms with Crippen molar-refractivity contribution in [1.82, 2.24) is 0 Å². The van der Waals surface area contributed by atoms with Gasteiger partial charge in [0, 0.05) is 32.8 Å². The van der Waals surface area contributed by atoms with Crippen molar-refractivity contribution in [2.24, 2.45) is 5.92 Å². The molecule has 7 heteroatoms. The van der Waals surface area contributed by atoms with Crippen LogP contribution in [-0.4, -0.2) is 20.5 Å². The van der Waals surface area contributed by atoms with Crippen LogP contribution in [0.4, 0.5) is 17.6 Å². The van der Waals surface area contributed by atoms with E-state index in [4.69, 9.17) is 0 Å². The quantitative estimate of drug-likeness (QED) is 0.595. The highest BCUT2D eigenvalue weighted by atomic mass is 32.2. The highest BCUT2D eigenvalue weighted by molar-refractivity contribution is 7.86. The van der Waals surface area contributed by atoms with E-state index in [1.807, 2.05) is 0 Å². The van der Waals surface area contributed by atoms with E-state index in [0.717, 1.165) is 31.4 Å². The van der Waals surface area contributed by atoms with Crippen LogP contribution in [0.2, 0.25) is 0 Å². The summed E-state index contributed by atoms with van der Waals surface area (Å²) in [7, 11) is -1.00. The molecule has 2 fully saturated rings. The maximum atomic E-state index is 13.6. The fourth-order valence-electron chi connectivity index (χ4n) is 3.69. The second kappa shape index (κ2) is 6.00. The number of benzene rings is 1. The molecule has 1 aromatic rings. The monoisotopic (exact) mass is 348 g/mol. The highest BCUT2D eigenvalue weighted by Gasteiger charge is 2.44. The van der Waals surface area contributed by atoms with Gasteiger partial charge in [-0.25, -0.2) is 4.39 Å². The number of rotatable bonds is 2. The van der Waals surface area contributed by atoms with Gasteiger partial charge < -0.3 is 0 Å². The first kappa shape index (κ1) is 16.6. The van der Waals surface area contributed by atoms with Crippen molar-refractivity contribution in [3.05, 3.63) is 35.1 Å². The molecule has 2 aliphatic rings. The summed E-state index contributed by atoms with van der Waals surface area (Å²) in [4.78, 5) is 12.6. The first-order chi connectivity index (χ1) is 10.8. The normalized spacial score (nSPS) is 31.0. The summed E-state index contributed by atoms with van der Waals surface area (Å²) >= 11 is 0. The predicted octanol–water partition coefficient (Wildman–Crippen LogP) is 4.11. The van der Waals surface area contributed by atoms with Crippen LogP contribution in [0.5, 0.6) is 0 Å². The lowest BCUT2D eigenvalue weighted by molar-refractivity contribution is -0.140. The average molecular weight is 348 g/mol. The van der Waals surface area contributed by atoms with Crippen LogP contribution in [0.15, 0.2) is 18.2 Å². The second-order valence-electron chi connectivity index (χ2n) is 6.20. The summed E-state index contributed by atoms with van der Waals surface area (Å²) < 4.78 is 65.1. The molecule has 0 spiro atoms. The van der Waals surface area contributed by atoms with E-state index < -0.39 is 45.6 Å². The van der Waals surface area contributed by atoms with Crippen molar-refractivity contribution >= 4 is 16.6 Å². The predicted molar refractivity (Wildman–Crippen MR) is 78.0 cm³/mol. The molecular weight excluding hydrogens is 332 g/mol. The van der Waals surface area contributed by atoms with Crippen LogP contribution in [0.25, 0.3) is 0 Å². The molecule has 1 aromatic carbocycles. The standard InChI is InChI=1S/C16H16F4O2S/c17-13-6-2-5-12(14(13)16(18,19)20)15(21)9-7-10-3-1-4-11(8-9)23(10)22/h2,5-6,9-11H,1,3-4,7-8H2. The average Bonchev–Trinajstić information content (AvgIpc) is 2.44. The smallest absolute Gasteiger partial charge is 0.294 e. The zero-order chi connectivity index (χ0) is 16.8. The number of fused-ring (bicyclic) bond motifs is 2. The molecule has 0 radical (unpaired) electrons. The van der Waals surface area contributed by atoms with Crippen LogP contribution in [0.1, 0.15) is 48.0 Å². The first-order valence-electron chi connectivity index (χ1n) is 7.58. The van der Waals surface area contributed by atoms with Crippen molar-refractivity contribution < 1.29 is 26.6 Å². The number of hydrogen-bond acceptors (Lipinski definition) is 2. The third kappa shape index (κ3) is 3.07.